The summed E-state index contributed by atoms with van der Waals surface area (Å²) >= 11 is 7.67. The Morgan fingerprint density at radius 2 is 2.06 bits per heavy atom. The van der Waals surface area contributed by atoms with Crippen LogP contribution in [0.1, 0.15) is 29.8 Å². The van der Waals surface area contributed by atoms with Crippen molar-refractivity contribution in [1.29, 1.82) is 0 Å². The predicted molar refractivity (Wildman–Crippen MR) is 78.3 cm³/mol. The molecule has 2 aromatic rings. The lowest BCUT2D eigenvalue weighted by Gasteiger charge is -2.16. The van der Waals surface area contributed by atoms with Gasteiger partial charge in [0, 0.05) is 23.3 Å². The van der Waals surface area contributed by atoms with E-state index in [-0.39, 0.29) is 0 Å². The second kappa shape index (κ2) is 6.88. The highest BCUT2D eigenvalue weighted by Crippen LogP contribution is 2.29. The third-order valence-corrected chi connectivity index (χ3v) is 4.20. The van der Waals surface area contributed by atoms with Crippen LogP contribution >= 0.6 is 22.9 Å². The minimum absolute atomic E-state index is 0.390. The summed E-state index contributed by atoms with van der Waals surface area (Å²) in [5, 5.41) is 3.52. The van der Waals surface area contributed by atoms with Crippen molar-refractivity contribution in [2.75, 3.05) is 6.54 Å². The molecule has 0 amide bonds. The first-order valence-electron chi connectivity index (χ1n) is 6.17. The van der Waals surface area contributed by atoms with Gasteiger partial charge in [0.1, 0.15) is 0 Å². The van der Waals surface area contributed by atoms with Crippen molar-refractivity contribution in [3.05, 3.63) is 51.4 Å². The topological polar surface area (TPSA) is 24.9 Å². The molecule has 2 rings (SSSR count). The number of pyridine rings is 1. The zero-order valence-corrected chi connectivity index (χ0v) is 12.0. The van der Waals surface area contributed by atoms with Crippen LogP contribution in [-0.2, 0) is 6.42 Å². The fraction of sp³-hybridized carbons (Fsp3) is 0.357. The highest BCUT2D eigenvalue weighted by atomic mass is 35.5. The molecule has 1 atom stereocenters. The molecule has 2 aromatic heterocycles. The Kier molecular flexibility index (Phi) is 5.17. The van der Waals surface area contributed by atoms with Crippen molar-refractivity contribution in [2.24, 2.45) is 0 Å². The molecule has 0 bridgehead atoms. The van der Waals surface area contributed by atoms with Crippen molar-refractivity contribution in [2.45, 2.75) is 25.8 Å². The van der Waals surface area contributed by atoms with E-state index >= 15 is 0 Å². The van der Waals surface area contributed by atoms with Crippen LogP contribution in [0.5, 0.6) is 0 Å². The molecule has 1 N–H and O–H groups in total. The molecule has 0 aliphatic carbocycles. The minimum Gasteiger partial charge on any atom is -0.310 e. The molecule has 96 valence electrons. The number of halogens is 1. The van der Waals surface area contributed by atoms with Crippen LogP contribution < -0.4 is 5.32 Å². The third-order valence-electron chi connectivity index (χ3n) is 2.86. The van der Waals surface area contributed by atoms with Gasteiger partial charge in [-0.1, -0.05) is 18.5 Å². The summed E-state index contributed by atoms with van der Waals surface area (Å²) in [6.45, 7) is 3.10. The average Bonchev–Trinajstić information content (AvgIpc) is 2.82. The summed E-state index contributed by atoms with van der Waals surface area (Å²) in [5.41, 5.74) is 1.33. The Labute approximate surface area is 117 Å². The SMILES string of the molecule is CCNC(CCc1ccncc1)c1ccc(Cl)s1. The van der Waals surface area contributed by atoms with Gasteiger partial charge in [0.05, 0.1) is 4.34 Å². The Morgan fingerprint density at radius 1 is 1.28 bits per heavy atom. The molecule has 0 aromatic carbocycles. The molecule has 0 fully saturated rings. The van der Waals surface area contributed by atoms with Crippen LogP contribution in [0.3, 0.4) is 0 Å². The largest absolute Gasteiger partial charge is 0.310 e. The van der Waals surface area contributed by atoms with Crippen LogP contribution in [0.25, 0.3) is 0 Å². The van der Waals surface area contributed by atoms with Gasteiger partial charge in [-0.05, 0) is 49.2 Å². The number of thiophene rings is 1. The maximum Gasteiger partial charge on any atom is 0.0931 e. The molecule has 0 aliphatic heterocycles. The molecule has 18 heavy (non-hydrogen) atoms. The van der Waals surface area contributed by atoms with E-state index in [4.69, 9.17) is 11.6 Å². The molecule has 0 saturated heterocycles. The van der Waals surface area contributed by atoms with Gasteiger partial charge in [0.25, 0.3) is 0 Å². The second-order valence-electron chi connectivity index (χ2n) is 4.15. The maximum absolute atomic E-state index is 6.00. The molecule has 0 saturated carbocycles. The number of hydrogen-bond donors (Lipinski definition) is 1. The predicted octanol–water partition coefficient (Wildman–Crippen LogP) is 4.08. The minimum atomic E-state index is 0.390. The average molecular weight is 281 g/mol. The number of aromatic nitrogens is 1. The number of hydrogen-bond acceptors (Lipinski definition) is 3. The van der Waals surface area contributed by atoms with Gasteiger partial charge in [0.15, 0.2) is 0 Å². The fourth-order valence-electron chi connectivity index (χ4n) is 1.97. The Balaban J connectivity index is 1.98. The lowest BCUT2D eigenvalue weighted by atomic mass is 10.1. The second-order valence-corrected chi connectivity index (χ2v) is 5.89. The Bertz CT molecular complexity index is 470. The van der Waals surface area contributed by atoms with Gasteiger partial charge in [-0.2, -0.15) is 0 Å². The van der Waals surface area contributed by atoms with Crippen molar-refractivity contribution in [1.82, 2.24) is 10.3 Å². The van der Waals surface area contributed by atoms with Crippen LogP contribution in [0.4, 0.5) is 0 Å². The van der Waals surface area contributed by atoms with Crippen LogP contribution in [-0.4, -0.2) is 11.5 Å². The molecule has 0 radical (unpaired) electrons. The van der Waals surface area contributed by atoms with Crippen molar-refractivity contribution < 1.29 is 0 Å². The molecule has 2 nitrogen and oxygen atoms in total. The molecule has 4 heteroatoms. The summed E-state index contributed by atoms with van der Waals surface area (Å²) in [5.74, 6) is 0. The van der Waals surface area contributed by atoms with E-state index in [0.29, 0.717) is 6.04 Å². The van der Waals surface area contributed by atoms with Crippen LogP contribution in [0.15, 0.2) is 36.7 Å². The molecule has 0 aliphatic rings. The highest BCUT2D eigenvalue weighted by molar-refractivity contribution is 7.16. The van der Waals surface area contributed by atoms with Crippen molar-refractivity contribution in [3.63, 3.8) is 0 Å². The van der Waals surface area contributed by atoms with E-state index in [1.807, 2.05) is 18.5 Å². The summed E-state index contributed by atoms with van der Waals surface area (Å²) in [6.07, 6.45) is 5.82. The summed E-state index contributed by atoms with van der Waals surface area (Å²) in [7, 11) is 0. The van der Waals surface area contributed by atoms with E-state index in [1.165, 1.54) is 10.4 Å². The molecule has 0 spiro atoms. The van der Waals surface area contributed by atoms with Gasteiger partial charge in [-0.3, -0.25) is 4.98 Å². The first-order valence-corrected chi connectivity index (χ1v) is 7.36. The van der Waals surface area contributed by atoms with E-state index in [2.05, 4.69) is 35.4 Å². The van der Waals surface area contributed by atoms with E-state index < -0.39 is 0 Å². The Hall–Kier alpha value is -0.900. The molecular formula is C14H17ClN2S. The van der Waals surface area contributed by atoms with Crippen LogP contribution in [0.2, 0.25) is 4.34 Å². The highest BCUT2D eigenvalue weighted by Gasteiger charge is 2.12. The zero-order valence-electron chi connectivity index (χ0n) is 10.4. The monoisotopic (exact) mass is 280 g/mol. The standard InChI is InChI=1S/C14H17ClN2S/c1-2-17-12(13-5-6-14(15)18-13)4-3-11-7-9-16-10-8-11/h5-10,12,17H,2-4H2,1H3. The third kappa shape index (κ3) is 3.80. The summed E-state index contributed by atoms with van der Waals surface area (Å²) in [6, 6.07) is 8.63. The number of rotatable bonds is 6. The quantitative estimate of drug-likeness (QED) is 0.862. The van der Waals surface area contributed by atoms with Gasteiger partial charge >= 0.3 is 0 Å². The smallest absolute Gasteiger partial charge is 0.0931 e. The van der Waals surface area contributed by atoms with Gasteiger partial charge in [-0.25, -0.2) is 0 Å². The molecular weight excluding hydrogens is 264 g/mol. The van der Waals surface area contributed by atoms with Crippen LogP contribution in [0, 0.1) is 0 Å². The van der Waals surface area contributed by atoms with E-state index in [1.54, 1.807) is 11.3 Å². The fourth-order valence-corrected chi connectivity index (χ4v) is 3.14. The normalized spacial score (nSPS) is 12.6. The lowest BCUT2D eigenvalue weighted by molar-refractivity contribution is 0.523. The Morgan fingerprint density at radius 3 is 2.67 bits per heavy atom. The summed E-state index contributed by atoms with van der Waals surface area (Å²) in [4.78, 5) is 5.35. The first-order chi connectivity index (χ1) is 8.79. The van der Waals surface area contributed by atoms with Crippen molar-refractivity contribution in [3.8, 4) is 0 Å². The van der Waals surface area contributed by atoms with Gasteiger partial charge in [-0.15, -0.1) is 11.3 Å². The van der Waals surface area contributed by atoms with E-state index in [9.17, 15) is 0 Å². The van der Waals surface area contributed by atoms with Crippen molar-refractivity contribution >= 4 is 22.9 Å². The number of nitrogens with zero attached hydrogens (tertiary/aromatic N) is 1. The number of aryl methyl sites for hydroxylation is 1. The first kappa shape index (κ1) is 13.5. The van der Waals surface area contributed by atoms with Gasteiger partial charge < -0.3 is 5.32 Å². The maximum atomic E-state index is 6.00. The zero-order chi connectivity index (χ0) is 12.8. The van der Waals surface area contributed by atoms with Gasteiger partial charge in [0.2, 0.25) is 0 Å². The molecule has 1 unspecified atom stereocenters. The van der Waals surface area contributed by atoms with E-state index in [0.717, 1.165) is 23.7 Å². The lowest BCUT2D eigenvalue weighted by Crippen LogP contribution is -2.20. The molecule has 2 heterocycles. The number of nitrogens with one attached hydrogen (secondary N) is 1. The summed E-state index contributed by atoms with van der Waals surface area (Å²) < 4.78 is 0.858.